The highest BCUT2D eigenvalue weighted by molar-refractivity contribution is 5.67. The van der Waals surface area contributed by atoms with Gasteiger partial charge in [-0.25, -0.2) is 0 Å². The number of hydrogen-bond acceptors (Lipinski definition) is 3. The van der Waals surface area contributed by atoms with E-state index in [1.54, 1.807) is 0 Å². The fourth-order valence-electron chi connectivity index (χ4n) is 1.96. The number of carboxylic acids is 1. The zero-order valence-corrected chi connectivity index (χ0v) is 11.3. The Labute approximate surface area is 105 Å². The van der Waals surface area contributed by atoms with E-state index in [9.17, 15) is 4.79 Å². The molecule has 0 radical (unpaired) electrons. The molecule has 0 aliphatic heterocycles. The predicted octanol–water partition coefficient (Wildman–Crippen LogP) is 2.00. The molecule has 1 atom stereocenters. The van der Waals surface area contributed by atoms with Crippen LogP contribution in [-0.2, 0) is 4.79 Å². The standard InChI is InChI=1S/C13H28N2O2/c1-14-10-8-6-4-3-5-7-9-12(15-2)11-13(16)17/h12,14-15H,3-11H2,1-2H3,(H,16,17). The van der Waals surface area contributed by atoms with E-state index in [0.29, 0.717) is 0 Å². The number of carboxylic acid groups (broad SMARTS) is 1. The minimum absolute atomic E-state index is 0.136. The molecule has 0 spiro atoms. The summed E-state index contributed by atoms with van der Waals surface area (Å²) in [5.41, 5.74) is 0. The molecule has 0 aromatic rings. The highest BCUT2D eigenvalue weighted by Crippen LogP contribution is 2.10. The summed E-state index contributed by atoms with van der Waals surface area (Å²) in [6.45, 7) is 1.11. The molecule has 1 unspecified atom stereocenters. The topological polar surface area (TPSA) is 61.4 Å². The minimum Gasteiger partial charge on any atom is -0.481 e. The Bertz CT molecular complexity index is 186. The first kappa shape index (κ1) is 16.4. The lowest BCUT2D eigenvalue weighted by Crippen LogP contribution is -2.27. The molecule has 0 aromatic carbocycles. The Morgan fingerprint density at radius 2 is 1.65 bits per heavy atom. The molecule has 0 rings (SSSR count). The number of nitrogens with one attached hydrogen (secondary N) is 2. The van der Waals surface area contributed by atoms with Crippen molar-refractivity contribution in [3.8, 4) is 0 Å². The SMILES string of the molecule is CNCCCCCCCCC(CC(=O)O)NC. The number of aliphatic carboxylic acids is 1. The van der Waals surface area contributed by atoms with Gasteiger partial charge in [-0.15, -0.1) is 0 Å². The molecule has 17 heavy (non-hydrogen) atoms. The minimum atomic E-state index is -0.712. The van der Waals surface area contributed by atoms with Crippen molar-refractivity contribution < 1.29 is 9.90 Å². The molecular weight excluding hydrogens is 216 g/mol. The van der Waals surface area contributed by atoms with Crippen LogP contribution < -0.4 is 10.6 Å². The summed E-state index contributed by atoms with van der Waals surface area (Å²) in [7, 11) is 3.83. The van der Waals surface area contributed by atoms with Gasteiger partial charge in [-0.05, 0) is 33.5 Å². The molecule has 4 heteroatoms. The fourth-order valence-corrected chi connectivity index (χ4v) is 1.96. The Hall–Kier alpha value is -0.610. The number of unbranched alkanes of at least 4 members (excludes halogenated alkanes) is 5. The summed E-state index contributed by atoms with van der Waals surface area (Å²) >= 11 is 0. The lowest BCUT2D eigenvalue weighted by Gasteiger charge is -2.13. The van der Waals surface area contributed by atoms with E-state index in [2.05, 4.69) is 10.6 Å². The van der Waals surface area contributed by atoms with Crippen molar-refractivity contribution in [2.75, 3.05) is 20.6 Å². The summed E-state index contributed by atoms with van der Waals surface area (Å²) in [5, 5.41) is 14.9. The molecule has 0 fully saturated rings. The molecule has 0 heterocycles. The van der Waals surface area contributed by atoms with Crippen molar-refractivity contribution in [3.63, 3.8) is 0 Å². The van der Waals surface area contributed by atoms with Crippen LogP contribution in [0.15, 0.2) is 0 Å². The third kappa shape index (κ3) is 11.6. The Morgan fingerprint density at radius 3 is 2.18 bits per heavy atom. The quantitative estimate of drug-likeness (QED) is 0.460. The summed E-state index contributed by atoms with van der Waals surface area (Å²) in [5.74, 6) is -0.712. The summed E-state index contributed by atoms with van der Waals surface area (Å²) in [6, 6.07) is 0.136. The summed E-state index contributed by atoms with van der Waals surface area (Å²) < 4.78 is 0. The van der Waals surface area contributed by atoms with Crippen molar-refractivity contribution in [3.05, 3.63) is 0 Å². The average molecular weight is 244 g/mol. The molecule has 0 saturated carbocycles. The fraction of sp³-hybridized carbons (Fsp3) is 0.923. The molecule has 0 bridgehead atoms. The van der Waals surface area contributed by atoms with Crippen molar-refractivity contribution in [2.24, 2.45) is 0 Å². The van der Waals surface area contributed by atoms with Gasteiger partial charge >= 0.3 is 5.97 Å². The van der Waals surface area contributed by atoms with Gasteiger partial charge in [-0.2, -0.15) is 0 Å². The zero-order valence-electron chi connectivity index (χ0n) is 11.3. The van der Waals surface area contributed by atoms with Gasteiger partial charge < -0.3 is 15.7 Å². The lowest BCUT2D eigenvalue weighted by atomic mass is 10.0. The van der Waals surface area contributed by atoms with Crippen LogP contribution in [0.2, 0.25) is 0 Å². The van der Waals surface area contributed by atoms with Crippen LogP contribution in [0.4, 0.5) is 0 Å². The molecule has 0 aliphatic carbocycles. The van der Waals surface area contributed by atoms with Gasteiger partial charge in [0.2, 0.25) is 0 Å². The van der Waals surface area contributed by atoms with Gasteiger partial charge in [0.1, 0.15) is 0 Å². The van der Waals surface area contributed by atoms with Crippen molar-refractivity contribution in [1.82, 2.24) is 10.6 Å². The molecule has 0 aromatic heterocycles. The second-order valence-corrected chi connectivity index (χ2v) is 4.60. The van der Waals surface area contributed by atoms with Crippen LogP contribution in [-0.4, -0.2) is 37.8 Å². The third-order valence-corrected chi connectivity index (χ3v) is 3.06. The van der Waals surface area contributed by atoms with Gasteiger partial charge in [0.25, 0.3) is 0 Å². The van der Waals surface area contributed by atoms with Crippen LogP contribution in [0.3, 0.4) is 0 Å². The molecule has 0 aliphatic rings. The maximum absolute atomic E-state index is 10.6. The Balaban J connectivity index is 3.28. The molecule has 3 N–H and O–H groups in total. The first-order valence-corrected chi connectivity index (χ1v) is 6.74. The second-order valence-electron chi connectivity index (χ2n) is 4.60. The number of hydrogen-bond donors (Lipinski definition) is 3. The van der Waals surface area contributed by atoms with Crippen LogP contribution in [0.5, 0.6) is 0 Å². The van der Waals surface area contributed by atoms with Crippen molar-refractivity contribution >= 4 is 5.97 Å². The van der Waals surface area contributed by atoms with Crippen molar-refractivity contribution in [1.29, 1.82) is 0 Å². The van der Waals surface area contributed by atoms with Gasteiger partial charge in [0.05, 0.1) is 6.42 Å². The van der Waals surface area contributed by atoms with Crippen LogP contribution in [0.25, 0.3) is 0 Å². The van der Waals surface area contributed by atoms with E-state index in [0.717, 1.165) is 19.4 Å². The second kappa shape index (κ2) is 11.9. The smallest absolute Gasteiger partial charge is 0.304 e. The molecule has 0 amide bonds. The molecular formula is C13H28N2O2. The highest BCUT2D eigenvalue weighted by atomic mass is 16.4. The average Bonchev–Trinajstić information content (AvgIpc) is 2.30. The third-order valence-electron chi connectivity index (χ3n) is 3.06. The van der Waals surface area contributed by atoms with Crippen LogP contribution in [0.1, 0.15) is 51.4 Å². The molecule has 102 valence electrons. The van der Waals surface area contributed by atoms with E-state index in [1.807, 2.05) is 14.1 Å². The van der Waals surface area contributed by atoms with Crippen LogP contribution >= 0.6 is 0 Å². The van der Waals surface area contributed by atoms with E-state index >= 15 is 0 Å². The maximum Gasteiger partial charge on any atom is 0.304 e. The van der Waals surface area contributed by atoms with Crippen LogP contribution in [0, 0.1) is 0 Å². The molecule has 4 nitrogen and oxygen atoms in total. The lowest BCUT2D eigenvalue weighted by molar-refractivity contribution is -0.137. The Kier molecular flexibility index (Phi) is 11.4. The predicted molar refractivity (Wildman–Crippen MR) is 71.3 cm³/mol. The van der Waals surface area contributed by atoms with E-state index in [1.165, 1.54) is 32.1 Å². The first-order chi connectivity index (χ1) is 8.20. The maximum atomic E-state index is 10.6. The summed E-state index contributed by atoms with van der Waals surface area (Å²) in [6.07, 6.45) is 8.68. The van der Waals surface area contributed by atoms with E-state index < -0.39 is 5.97 Å². The number of rotatable bonds is 12. The van der Waals surface area contributed by atoms with Gasteiger partial charge in [0.15, 0.2) is 0 Å². The highest BCUT2D eigenvalue weighted by Gasteiger charge is 2.09. The van der Waals surface area contributed by atoms with E-state index in [4.69, 9.17) is 5.11 Å². The monoisotopic (exact) mass is 244 g/mol. The first-order valence-electron chi connectivity index (χ1n) is 6.74. The van der Waals surface area contributed by atoms with Gasteiger partial charge in [0, 0.05) is 6.04 Å². The normalized spacial score (nSPS) is 12.6. The largest absolute Gasteiger partial charge is 0.481 e. The molecule has 0 saturated heterocycles. The van der Waals surface area contributed by atoms with Gasteiger partial charge in [-0.3, -0.25) is 4.79 Å². The Morgan fingerprint density at radius 1 is 1.06 bits per heavy atom. The number of carbonyl (C=O) groups is 1. The van der Waals surface area contributed by atoms with E-state index in [-0.39, 0.29) is 12.5 Å². The van der Waals surface area contributed by atoms with Crippen molar-refractivity contribution in [2.45, 2.75) is 57.4 Å². The summed E-state index contributed by atoms with van der Waals surface area (Å²) in [4.78, 5) is 10.6. The van der Waals surface area contributed by atoms with Gasteiger partial charge in [-0.1, -0.05) is 32.1 Å². The zero-order chi connectivity index (χ0) is 12.9.